The standard InChI is InChI=1S/C19H23N7O.2ClH/c1-13-3-5-15(6-4-13)17(20)18(27)25-9-7-24(8-10-25)16-11-14(2)23-19-21-12-22-26(16)19;;/h3-6,11-12,17H,7-10,20H2,1-2H3;2*1H. The lowest BCUT2D eigenvalue weighted by Crippen LogP contribution is -2.51. The Kier molecular flexibility index (Phi) is 7.40. The zero-order valence-electron chi connectivity index (χ0n) is 16.4. The molecule has 1 aromatic carbocycles. The first kappa shape index (κ1) is 22.9. The molecule has 1 atom stereocenters. The number of nitrogens with two attached hydrogens (primary N) is 1. The maximum atomic E-state index is 12.8. The molecule has 1 unspecified atom stereocenters. The van der Waals surface area contributed by atoms with Crippen LogP contribution in [-0.2, 0) is 4.79 Å². The van der Waals surface area contributed by atoms with Crippen LogP contribution in [0.15, 0.2) is 36.7 Å². The van der Waals surface area contributed by atoms with Crippen molar-refractivity contribution in [2.45, 2.75) is 19.9 Å². The number of aromatic nitrogens is 4. The normalized spacial score (nSPS) is 14.9. The summed E-state index contributed by atoms with van der Waals surface area (Å²) in [6.45, 7) is 6.63. The van der Waals surface area contributed by atoms with Gasteiger partial charge in [-0.2, -0.15) is 14.6 Å². The third-order valence-electron chi connectivity index (χ3n) is 4.98. The summed E-state index contributed by atoms with van der Waals surface area (Å²) >= 11 is 0. The van der Waals surface area contributed by atoms with Crippen molar-refractivity contribution in [3.8, 4) is 0 Å². The average molecular weight is 438 g/mol. The van der Waals surface area contributed by atoms with E-state index in [0.29, 0.717) is 32.0 Å². The van der Waals surface area contributed by atoms with Crippen molar-refractivity contribution >= 4 is 42.3 Å². The summed E-state index contributed by atoms with van der Waals surface area (Å²) in [7, 11) is 0. The van der Waals surface area contributed by atoms with E-state index in [2.05, 4.69) is 20.0 Å². The molecule has 2 aromatic heterocycles. The Morgan fingerprint density at radius 2 is 1.72 bits per heavy atom. The van der Waals surface area contributed by atoms with Gasteiger partial charge in [0.15, 0.2) is 0 Å². The summed E-state index contributed by atoms with van der Waals surface area (Å²) in [6.07, 6.45) is 1.51. The second kappa shape index (κ2) is 9.39. The van der Waals surface area contributed by atoms with Gasteiger partial charge < -0.3 is 15.5 Å². The molecule has 29 heavy (non-hydrogen) atoms. The molecule has 0 aliphatic carbocycles. The van der Waals surface area contributed by atoms with Crippen LogP contribution in [0.2, 0.25) is 0 Å². The van der Waals surface area contributed by atoms with Gasteiger partial charge in [-0.15, -0.1) is 24.8 Å². The third kappa shape index (κ3) is 4.60. The second-order valence-electron chi connectivity index (χ2n) is 6.93. The van der Waals surface area contributed by atoms with Gasteiger partial charge >= 0.3 is 0 Å². The minimum absolute atomic E-state index is 0. The predicted molar refractivity (Wildman–Crippen MR) is 117 cm³/mol. The van der Waals surface area contributed by atoms with Crippen LogP contribution in [0, 0.1) is 13.8 Å². The molecule has 0 bridgehead atoms. The molecule has 8 nitrogen and oxygen atoms in total. The Labute approximate surface area is 181 Å². The number of carbonyl (C=O) groups is 1. The van der Waals surface area contributed by atoms with Gasteiger partial charge in [0.25, 0.3) is 5.78 Å². The van der Waals surface area contributed by atoms with E-state index in [-0.39, 0.29) is 30.7 Å². The molecule has 1 amide bonds. The number of piperazine rings is 1. The highest BCUT2D eigenvalue weighted by molar-refractivity contribution is 5.85. The van der Waals surface area contributed by atoms with Crippen molar-refractivity contribution in [3.05, 3.63) is 53.5 Å². The number of anilines is 1. The molecule has 1 saturated heterocycles. The van der Waals surface area contributed by atoms with Crippen LogP contribution < -0.4 is 10.6 Å². The number of benzene rings is 1. The Hall–Kier alpha value is -2.42. The summed E-state index contributed by atoms with van der Waals surface area (Å²) < 4.78 is 1.74. The van der Waals surface area contributed by atoms with Gasteiger partial charge in [-0.25, -0.2) is 4.98 Å². The summed E-state index contributed by atoms with van der Waals surface area (Å²) in [5, 5.41) is 4.26. The summed E-state index contributed by atoms with van der Waals surface area (Å²) in [5.41, 5.74) is 9.11. The van der Waals surface area contributed by atoms with Crippen molar-refractivity contribution < 1.29 is 4.79 Å². The van der Waals surface area contributed by atoms with Crippen LogP contribution in [0.4, 0.5) is 5.82 Å². The average Bonchev–Trinajstić information content (AvgIpc) is 3.15. The SMILES string of the molecule is Cc1ccc(C(N)C(=O)N2CCN(c3cc(C)nc4ncnn34)CC2)cc1.Cl.Cl. The highest BCUT2D eigenvalue weighted by atomic mass is 35.5. The van der Waals surface area contributed by atoms with E-state index >= 15 is 0 Å². The Morgan fingerprint density at radius 1 is 1.07 bits per heavy atom. The Balaban J connectivity index is 0.00000150. The van der Waals surface area contributed by atoms with Crippen LogP contribution in [0.25, 0.3) is 5.78 Å². The molecule has 0 spiro atoms. The zero-order chi connectivity index (χ0) is 19.0. The van der Waals surface area contributed by atoms with Gasteiger partial charge in [-0.1, -0.05) is 29.8 Å². The smallest absolute Gasteiger partial charge is 0.254 e. The topological polar surface area (TPSA) is 92.7 Å². The third-order valence-corrected chi connectivity index (χ3v) is 4.98. The van der Waals surface area contributed by atoms with Crippen LogP contribution in [-0.4, -0.2) is 56.6 Å². The number of hydrogen-bond acceptors (Lipinski definition) is 6. The molecule has 4 rings (SSSR count). The van der Waals surface area contributed by atoms with E-state index in [1.165, 1.54) is 6.33 Å². The lowest BCUT2D eigenvalue weighted by atomic mass is 10.0. The van der Waals surface area contributed by atoms with Gasteiger partial charge in [0.2, 0.25) is 5.91 Å². The van der Waals surface area contributed by atoms with Crippen molar-refractivity contribution in [2.75, 3.05) is 31.1 Å². The number of hydrogen-bond donors (Lipinski definition) is 1. The number of carbonyl (C=O) groups excluding carboxylic acids is 1. The number of halogens is 2. The van der Waals surface area contributed by atoms with Gasteiger partial charge in [0.1, 0.15) is 18.2 Å². The molecule has 2 N–H and O–H groups in total. The van der Waals surface area contributed by atoms with Crippen molar-refractivity contribution in [1.29, 1.82) is 0 Å². The molecule has 156 valence electrons. The lowest BCUT2D eigenvalue weighted by molar-refractivity contribution is -0.133. The number of nitrogens with zero attached hydrogens (tertiary/aromatic N) is 6. The summed E-state index contributed by atoms with van der Waals surface area (Å²) in [4.78, 5) is 25.4. The number of fused-ring (bicyclic) bond motifs is 1. The van der Waals surface area contributed by atoms with Crippen LogP contribution >= 0.6 is 24.8 Å². The quantitative estimate of drug-likeness (QED) is 0.672. The van der Waals surface area contributed by atoms with Gasteiger partial charge in [-0.05, 0) is 19.4 Å². The van der Waals surface area contributed by atoms with Crippen molar-refractivity contribution in [3.63, 3.8) is 0 Å². The van der Waals surface area contributed by atoms with Crippen LogP contribution in [0.5, 0.6) is 0 Å². The monoisotopic (exact) mass is 437 g/mol. The number of amides is 1. The zero-order valence-corrected chi connectivity index (χ0v) is 18.0. The lowest BCUT2D eigenvalue weighted by Gasteiger charge is -2.37. The van der Waals surface area contributed by atoms with Crippen molar-refractivity contribution in [1.82, 2.24) is 24.5 Å². The molecular weight excluding hydrogens is 413 g/mol. The second-order valence-corrected chi connectivity index (χ2v) is 6.93. The first-order chi connectivity index (χ1) is 13.0. The van der Waals surface area contributed by atoms with Gasteiger partial charge in [0.05, 0.1) is 0 Å². The Bertz CT molecular complexity index is 968. The first-order valence-electron chi connectivity index (χ1n) is 9.06. The minimum Gasteiger partial charge on any atom is -0.353 e. The molecular formula is C19H25Cl2N7O. The highest BCUT2D eigenvalue weighted by Crippen LogP contribution is 2.20. The molecule has 3 heterocycles. The summed E-state index contributed by atoms with van der Waals surface area (Å²) in [6, 6.07) is 9.19. The van der Waals surface area contributed by atoms with E-state index in [9.17, 15) is 4.79 Å². The Morgan fingerprint density at radius 3 is 2.38 bits per heavy atom. The van der Waals surface area contributed by atoms with Gasteiger partial charge in [0, 0.05) is 37.9 Å². The molecule has 10 heteroatoms. The fraction of sp³-hybridized carbons (Fsp3) is 0.368. The molecule has 1 fully saturated rings. The first-order valence-corrected chi connectivity index (χ1v) is 9.06. The minimum atomic E-state index is -0.623. The van der Waals surface area contributed by atoms with Gasteiger partial charge in [-0.3, -0.25) is 4.79 Å². The van der Waals surface area contributed by atoms with Crippen LogP contribution in [0.1, 0.15) is 22.9 Å². The number of aryl methyl sites for hydroxylation is 2. The maximum Gasteiger partial charge on any atom is 0.254 e. The molecule has 1 aliphatic heterocycles. The fourth-order valence-electron chi connectivity index (χ4n) is 3.41. The molecule has 0 saturated carbocycles. The fourth-order valence-corrected chi connectivity index (χ4v) is 3.41. The van der Waals surface area contributed by atoms with E-state index in [0.717, 1.165) is 22.6 Å². The number of rotatable bonds is 3. The van der Waals surface area contributed by atoms with Crippen LogP contribution in [0.3, 0.4) is 0 Å². The van der Waals surface area contributed by atoms with E-state index in [1.54, 1.807) is 4.52 Å². The van der Waals surface area contributed by atoms with E-state index in [1.807, 2.05) is 49.1 Å². The van der Waals surface area contributed by atoms with Crippen molar-refractivity contribution in [2.24, 2.45) is 5.73 Å². The van der Waals surface area contributed by atoms with E-state index in [4.69, 9.17) is 5.73 Å². The summed E-state index contributed by atoms with van der Waals surface area (Å²) in [5.74, 6) is 1.50. The molecule has 0 radical (unpaired) electrons. The molecule has 3 aromatic rings. The largest absolute Gasteiger partial charge is 0.353 e. The maximum absolute atomic E-state index is 12.8. The molecule has 1 aliphatic rings. The highest BCUT2D eigenvalue weighted by Gasteiger charge is 2.27. The predicted octanol–water partition coefficient (Wildman–Crippen LogP) is 1.93. The van der Waals surface area contributed by atoms with E-state index < -0.39 is 6.04 Å².